The van der Waals surface area contributed by atoms with Gasteiger partial charge in [0.2, 0.25) is 29.5 Å². The maximum Gasteiger partial charge on any atom is 0.326 e. The number of hydrogen-bond acceptors (Lipinski definition) is 7. The first-order chi connectivity index (χ1) is 13.7. The van der Waals surface area contributed by atoms with Crippen molar-refractivity contribution in [2.75, 3.05) is 0 Å². The van der Waals surface area contributed by atoms with Gasteiger partial charge in [-0.3, -0.25) is 24.0 Å². The molecule has 0 heterocycles. The fraction of sp³-hybridized carbons (Fsp3) is 0.647. The molecule has 0 aromatic heterocycles. The molecular formula is C17H30N6O7. The summed E-state index contributed by atoms with van der Waals surface area (Å²) < 4.78 is 0. The quantitative estimate of drug-likeness (QED) is 0.155. The minimum absolute atomic E-state index is 0.00364. The van der Waals surface area contributed by atoms with Gasteiger partial charge >= 0.3 is 5.97 Å². The third-order valence-corrected chi connectivity index (χ3v) is 3.87. The van der Waals surface area contributed by atoms with Crippen molar-refractivity contribution in [3.63, 3.8) is 0 Å². The second-order valence-electron chi connectivity index (χ2n) is 7.27. The Hall–Kier alpha value is -3.22. The molecule has 0 aliphatic carbocycles. The number of carbonyl (C=O) groups excluding carboxylic acids is 5. The van der Waals surface area contributed by atoms with Gasteiger partial charge in [0.1, 0.15) is 18.1 Å². The number of rotatable bonds is 13. The van der Waals surface area contributed by atoms with E-state index in [4.69, 9.17) is 17.2 Å². The number of carboxylic acid groups (broad SMARTS) is 1. The van der Waals surface area contributed by atoms with Gasteiger partial charge in [0.25, 0.3) is 0 Å². The standard InChI is InChI=1S/C17H30N6O7/c1-7(2)4-11(17(29)30)23-14(26)8(3)21-16(28)10(6-13(20)25)22-15(27)9(18)5-12(19)24/h7-11H,4-6,18H2,1-3H3,(H2,19,24)(H2,20,25)(H,21,28)(H,22,27)(H,23,26)(H,29,30)/t8-,9-,10-,11-/m0/s1. The molecule has 0 aliphatic heterocycles. The van der Waals surface area contributed by atoms with E-state index in [0.717, 1.165) is 0 Å². The summed E-state index contributed by atoms with van der Waals surface area (Å²) in [6.07, 6.45) is -0.901. The molecule has 0 aromatic rings. The molecule has 0 saturated carbocycles. The fourth-order valence-electron chi connectivity index (χ4n) is 2.37. The van der Waals surface area contributed by atoms with Gasteiger partial charge in [-0.05, 0) is 19.3 Å². The first-order valence-corrected chi connectivity index (χ1v) is 9.20. The second kappa shape index (κ2) is 12.4. The molecular weight excluding hydrogens is 400 g/mol. The van der Waals surface area contributed by atoms with E-state index in [0.29, 0.717) is 0 Å². The molecule has 30 heavy (non-hydrogen) atoms. The van der Waals surface area contributed by atoms with Gasteiger partial charge in [0, 0.05) is 0 Å². The molecule has 0 bridgehead atoms. The van der Waals surface area contributed by atoms with Crippen molar-refractivity contribution in [3.05, 3.63) is 0 Å². The van der Waals surface area contributed by atoms with Crippen molar-refractivity contribution in [1.29, 1.82) is 0 Å². The van der Waals surface area contributed by atoms with Crippen LogP contribution in [0.15, 0.2) is 0 Å². The molecule has 0 rings (SSSR count). The second-order valence-corrected chi connectivity index (χ2v) is 7.27. The van der Waals surface area contributed by atoms with Crippen LogP contribution in [0.2, 0.25) is 0 Å². The Balaban J connectivity index is 5.10. The Morgan fingerprint density at radius 3 is 1.70 bits per heavy atom. The summed E-state index contributed by atoms with van der Waals surface area (Å²) >= 11 is 0. The summed E-state index contributed by atoms with van der Waals surface area (Å²) in [6, 6.07) is -5.14. The molecule has 0 saturated heterocycles. The van der Waals surface area contributed by atoms with Crippen LogP contribution in [0.4, 0.5) is 0 Å². The molecule has 0 aromatic carbocycles. The fourth-order valence-corrected chi connectivity index (χ4v) is 2.37. The summed E-state index contributed by atoms with van der Waals surface area (Å²) in [7, 11) is 0. The largest absolute Gasteiger partial charge is 0.480 e. The van der Waals surface area contributed by atoms with Crippen LogP contribution in [0.5, 0.6) is 0 Å². The first kappa shape index (κ1) is 26.8. The lowest BCUT2D eigenvalue weighted by Gasteiger charge is -2.23. The predicted molar refractivity (Wildman–Crippen MR) is 104 cm³/mol. The van der Waals surface area contributed by atoms with Crippen molar-refractivity contribution >= 4 is 35.5 Å². The number of amides is 5. The average molecular weight is 430 g/mol. The normalized spacial score (nSPS) is 14.7. The molecule has 10 N–H and O–H groups in total. The van der Waals surface area contributed by atoms with E-state index < -0.39 is 72.5 Å². The third-order valence-electron chi connectivity index (χ3n) is 3.87. The monoisotopic (exact) mass is 430 g/mol. The number of carbonyl (C=O) groups is 6. The molecule has 0 spiro atoms. The zero-order valence-electron chi connectivity index (χ0n) is 17.1. The summed E-state index contributed by atoms with van der Waals surface area (Å²) in [4.78, 5) is 70.0. The van der Waals surface area contributed by atoms with Gasteiger partial charge in [0.05, 0.1) is 18.9 Å². The molecule has 0 aliphatic rings. The lowest BCUT2D eigenvalue weighted by Crippen LogP contribution is -2.57. The SMILES string of the molecule is CC(C)C[C@H](NC(=O)[C@H](C)NC(=O)[C@H](CC(N)=O)NC(=O)[C@@H](N)CC(N)=O)C(=O)O. The maximum atomic E-state index is 12.4. The molecule has 0 fully saturated rings. The molecule has 4 atom stereocenters. The Labute approximate surface area is 173 Å². The summed E-state index contributed by atoms with van der Waals surface area (Å²) in [6.45, 7) is 4.87. The predicted octanol–water partition coefficient (Wildman–Crippen LogP) is -3.33. The maximum absolute atomic E-state index is 12.4. The Morgan fingerprint density at radius 2 is 1.27 bits per heavy atom. The zero-order valence-corrected chi connectivity index (χ0v) is 17.1. The van der Waals surface area contributed by atoms with Crippen LogP contribution < -0.4 is 33.2 Å². The Morgan fingerprint density at radius 1 is 0.767 bits per heavy atom. The molecule has 13 heteroatoms. The van der Waals surface area contributed by atoms with Gasteiger partial charge in [-0.15, -0.1) is 0 Å². The van der Waals surface area contributed by atoms with Crippen molar-refractivity contribution in [3.8, 4) is 0 Å². The lowest BCUT2D eigenvalue weighted by molar-refractivity contribution is -0.142. The summed E-state index contributed by atoms with van der Waals surface area (Å²) in [5, 5.41) is 15.9. The van der Waals surface area contributed by atoms with Crippen LogP contribution in [0.1, 0.15) is 40.0 Å². The highest BCUT2D eigenvalue weighted by Crippen LogP contribution is 2.05. The van der Waals surface area contributed by atoms with E-state index in [9.17, 15) is 33.9 Å². The molecule has 5 amide bonds. The van der Waals surface area contributed by atoms with E-state index in [2.05, 4.69) is 16.0 Å². The molecule has 0 unspecified atom stereocenters. The van der Waals surface area contributed by atoms with Crippen LogP contribution in [0, 0.1) is 5.92 Å². The van der Waals surface area contributed by atoms with E-state index in [1.165, 1.54) is 6.92 Å². The first-order valence-electron chi connectivity index (χ1n) is 9.20. The number of nitrogens with two attached hydrogens (primary N) is 3. The number of primary amides is 2. The molecule has 0 radical (unpaired) electrons. The van der Waals surface area contributed by atoms with Crippen LogP contribution >= 0.6 is 0 Å². The van der Waals surface area contributed by atoms with Crippen LogP contribution in [-0.2, 0) is 28.8 Å². The number of hydrogen-bond donors (Lipinski definition) is 7. The summed E-state index contributed by atoms with van der Waals surface area (Å²) in [5.41, 5.74) is 15.5. The van der Waals surface area contributed by atoms with Gasteiger partial charge < -0.3 is 38.3 Å². The van der Waals surface area contributed by atoms with Gasteiger partial charge in [0.15, 0.2) is 0 Å². The zero-order chi connectivity index (χ0) is 23.6. The highest BCUT2D eigenvalue weighted by atomic mass is 16.4. The highest BCUT2D eigenvalue weighted by molar-refractivity contribution is 5.96. The van der Waals surface area contributed by atoms with Gasteiger partial charge in [-0.25, -0.2) is 4.79 Å². The number of nitrogens with one attached hydrogen (secondary N) is 3. The van der Waals surface area contributed by atoms with Crippen molar-refractivity contribution < 1.29 is 33.9 Å². The smallest absolute Gasteiger partial charge is 0.326 e. The Kier molecular flexibility index (Phi) is 11.0. The minimum atomic E-state index is -1.46. The highest BCUT2D eigenvalue weighted by Gasteiger charge is 2.29. The van der Waals surface area contributed by atoms with Crippen LogP contribution in [0.25, 0.3) is 0 Å². The van der Waals surface area contributed by atoms with E-state index in [-0.39, 0.29) is 12.3 Å². The van der Waals surface area contributed by atoms with Gasteiger partial charge in [-0.2, -0.15) is 0 Å². The number of carboxylic acids is 1. The van der Waals surface area contributed by atoms with Crippen molar-refractivity contribution in [1.82, 2.24) is 16.0 Å². The lowest BCUT2D eigenvalue weighted by atomic mass is 10.0. The van der Waals surface area contributed by atoms with Crippen LogP contribution in [0.3, 0.4) is 0 Å². The van der Waals surface area contributed by atoms with Crippen LogP contribution in [-0.4, -0.2) is 64.8 Å². The minimum Gasteiger partial charge on any atom is -0.480 e. The topological polar surface area (TPSA) is 237 Å². The van der Waals surface area contributed by atoms with E-state index >= 15 is 0 Å². The molecule has 170 valence electrons. The van der Waals surface area contributed by atoms with Crippen molar-refractivity contribution in [2.45, 2.75) is 64.2 Å². The Bertz CT molecular complexity index is 682. The average Bonchev–Trinajstić information content (AvgIpc) is 2.58. The molecule has 13 nitrogen and oxygen atoms in total. The number of aliphatic carboxylic acids is 1. The van der Waals surface area contributed by atoms with E-state index in [1.807, 2.05) is 0 Å². The third kappa shape index (κ3) is 10.4. The van der Waals surface area contributed by atoms with E-state index in [1.54, 1.807) is 13.8 Å². The summed E-state index contributed by atoms with van der Waals surface area (Å²) in [5.74, 6) is -5.60. The van der Waals surface area contributed by atoms with Gasteiger partial charge in [-0.1, -0.05) is 13.8 Å². The van der Waals surface area contributed by atoms with Crippen molar-refractivity contribution in [2.24, 2.45) is 23.1 Å².